The third kappa shape index (κ3) is 3.98. The van der Waals surface area contributed by atoms with Crippen molar-refractivity contribution in [3.63, 3.8) is 0 Å². The van der Waals surface area contributed by atoms with Crippen LogP contribution >= 0.6 is 0 Å². The zero-order valence-electron chi connectivity index (χ0n) is 10.2. The summed E-state index contributed by atoms with van der Waals surface area (Å²) in [6, 6.07) is 6.41. The first kappa shape index (κ1) is 13.9. The average Bonchev–Trinajstić information content (AvgIpc) is 2.28. The van der Waals surface area contributed by atoms with Crippen molar-refractivity contribution in [1.82, 2.24) is 0 Å². The van der Waals surface area contributed by atoms with Gasteiger partial charge in [0.1, 0.15) is 0 Å². The molecule has 3 nitrogen and oxygen atoms in total. The molecule has 1 atom stereocenters. The van der Waals surface area contributed by atoms with Crippen molar-refractivity contribution < 1.29 is 13.5 Å². The molecule has 0 spiro atoms. The van der Waals surface area contributed by atoms with Crippen molar-refractivity contribution in [3.8, 4) is 0 Å². The Kier molecular flexibility index (Phi) is 4.48. The molecule has 0 aliphatic rings. The molecule has 0 saturated carbocycles. The van der Waals surface area contributed by atoms with E-state index in [4.69, 9.17) is 0 Å². The first-order valence-electron chi connectivity index (χ1n) is 5.49. The van der Waals surface area contributed by atoms with Crippen molar-refractivity contribution in [2.45, 2.75) is 30.8 Å². The highest BCUT2D eigenvalue weighted by Gasteiger charge is 2.12. The summed E-state index contributed by atoms with van der Waals surface area (Å²) in [5.74, 6) is 0. The standard InChI is InChI=1S/C13H18O3S/c1-4-10(2)8-13(14)11-6-5-7-12(9-11)17(3,15)16/h5-7,9,13-14H,2,4,8H2,1,3H3. The summed E-state index contributed by atoms with van der Waals surface area (Å²) in [5.41, 5.74) is 1.56. The number of aliphatic hydroxyl groups excluding tert-OH is 1. The van der Waals surface area contributed by atoms with E-state index >= 15 is 0 Å². The highest BCUT2D eigenvalue weighted by atomic mass is 32.2. The summed E-state index contributed by atoms with van der Waals surface area (Å²) in [5, 5.41) is 9.96. The van der Waals surface area contributed by atoms with Gasteiger partial charge in [-0.25, -0.2) is 8.42 Å². The predicted molar refractivity (Wildman–Crippen MR) is 68.6 cm³/mol. The smallest absolute Gasteiger partial charge is 0.175 e. The molecule has 1 aromatic carbocycles. The molecule has 17 heavy (non-hydrogen) atoms. The van der Waals surface area contributed by atoms with E-state index in [0.717, 1.165) is 18.2 Å². The van der Waals surface area contributed by atoms with Gasteiger partial charge in [-0.1, -0.05) is 31.2 Å². The molecule has 0 fully saturated rings. The second-order valence-electron chi connectivity index (χ2n) is 4.17. The van der Waals surface area contributed by atoms with Crippen LogP contribution in [0.4, 0.5) is 0 Å². The quantitative estimate of drug-likeness (QED) is 0.821. The molecular weight excluding hydrogens is 236 g/mol. The molecule has 0 bridgehead atoms. The lowest BCUT2D eigenvalue weighted by molar-refractivity contribution is 0.177. The van der Waals surface area contributed by atoms with Crippen LogP contribution in [0.5, 0.6) is 0 Å². The van der Waals surface area contributed by atoms with Crippen LogP contribution in [0.25, 0.3) is 0 Å². The molecule has 0 aliphatic heterocycles. The van der Waals surface area contributed by atoms with Gasteiger partial charge in [-0.15, -0.1) is 0 Å². The molecule has 0 aromatic heterocycles. The number of aliphatic hydroxyl groups is 1. The lowest BCUT2D eigenvalue weighted by atomic mass is 10.0. The molecule has 1 rings (SSSR count). The van der Waals surface area contributed by atoms with Gasteiger partial charge < -0.3 is 5.11 Å². The molecule has 1 aromatic rings. The zero-order valence-corrected chi connectivity index (χ0v) is 11.0. The van der Waals surface area contributed by atoms with Gasteiger partial charge in [0.05, 0.1) is 11.0 Å². The fourth-order valence-electron chi connectivity index (χ4n) is 1.49. The Morgan fingerprint density at radius 2 is 2.12 bits per heavy atom. The second kappa shape index (κ2) is 5.47. The largest absolute Gasteiger partial charge is 0.388 e. The Hall–Kier alpha value is -1.13. The molecule has 1 unspecified atom stereocenters. The minimum Gasteiger partial charge on any atom is -0.388 e. The maximum atomic E-state index is 11.4. The summed E-state index contributed by atoms with van der Waals surface area (Å²) in [7, 11) is -3.23. The summed E-state index contributed by atoms with van der Waals surface area (Å²) in [6.07, 6.45) is 1.74. The van der Waals surface area contributed by atoms with Gasteiger partial charge in [0.15, 0.2) is 9.84 Å². The Morgan fingerprint density at radius 3 is 2.65 bits per heavy atom. The number of rotatable bonds is 5. The molecule has 0 saturated heterocycles. The molecule has 0 heterocycles. The minimum atomic E-state index is -3.23. The van der Waals surface area contributed by atoms with Gasteiger partial charge in [0, 0.05) is 6.26 Å². The Labute approximate surface area is 103 Å². The molecule has 1 N–H and O–H groups in total. The van der Waals surface area contributed by atoms with Crippen LogP contribution in [0.1, 0.15) is 31.4 Å². The average molecular weight is 254 g/mol. The fraction of sp³-hybridized carbons (Fsp3) is 0.385. The normalized spacial score (nSPS) is 13.4. The highest BCUT2D eigenvalue weighted by molar-refractivity contribution is 7.90. The van der Waals surface area contributed by atoms with Gasteiger partial charge >= 0.3 is 0 Å². The summed E-state index contributed by atoms with van der Waals surface area (Å²) in [4.78, 5) is 0.233. The number of sulfone groups is 1. The van der Waals surface area contributed by atoms with E-state index in [1.165, 1.54) is 12.1 Å². The van der Waals surface area contributed by atoms with Crippen LogP contribution in [0, 0.1) is 0 Å². The molecule has 4 heteroatoms. The van der Waals surface area contributed by atoms with Crippen LogP contribution in [0.2, 0.25) is 0 Å². The molecule has 0 aliphatic carbocycles. The maximum Gasteiger partial charge on any atom is 0.175 e. The van der Waals surface area contributed by atoms with Crippen LogP contribution in [-0.4, -0.2) is 19.8 Å². The summed E-state index contributed by atoms with van der Waals surface area (Å²) in [6.45, 7) is 5.81. The zero-order chi connectivity index (χ0) is 13.1. The molecule has 94 valence electrons. The van der Waals surface area contributed by atoms with E-state index < -0.39 is 15.9 Å². The number of benzene rings is 1. The van der Waals surface area contributed by atoms with Crippen molar-refractivity contribution in [3.05, 3.63) is 42.0 Å². The van der Waals surface area contributed by atoms with Crippen LogP contribution in [0.3, 0.4) is 0 Å². The van der Waals surface area contributed by atoms with Crippen LogP contribution in [-0.2, 0) is 9.84 Å². The SMILES string of the molecule is C=C(CC)CC(O)c1cccc(S(C)(=O)=O)c1. The first-order valence-corrected chi connectivity index (χ1v) is 7.38. The van der Waals surface area contributed by atoms with E-state index in [1.807, 2.05) is 6.92 Å². The van der Waals surface area contributed by atoms with E-state index in [0.29, 0.717) is 12.0 Å². The Morgan fingerprint density at radius 1 is 1.47 bits per heavy atom. The topological polar surface area (TPSA) is 54.4 Å². The molecule has 0 radical (unpaired) electrons. The fourth-order valence-corrected chi connectivity index (χ4v) is 2.16. The van der Waals surface area contributed by atoms with Crippen molar-refractivity contribution >= 4 is 9.84 Å². The van der Waals surface area contributed by atoms with Gasteiger partial charge in [-0.3, -0.25) is 0 Å². The van der Waals surface area contributed by atoms with E-state index in [9.17, 15) is 13.5 Å². The third-order valence-electron chi connectivity index (χ3n) is 2.65. The van der Waals surface area contributed by atoms with Crippen molar-refractivity contribution in [1.29, 1.82) is 0 Å². The summed E-state index contributed by atoms with van der Waals surface area (Å²) < 4.78 is 22.8. The number of hydrogen-bond donors (Lipinski definition) is 1. The van der Waals surface area contributed by atoms with Crippen molar-refractivity contribution in [2.24, 2.45) is 0 Å². The highest BCUT2D eigenvalue weighted by Crippen LogP contribution is 2.23. The van der Waals surface area contributed by atoms with E-state index in [2.05, 4.69) is 6.58 Å². The first-order chi connectivity index (χ1) is 7.84. The summed E-state index contributed by atoms with van der Waals surface area (Å²) >= 11 is 0. The van der Waals surface area contributed by atoms with Crippen molar-refractivity contribution in [2.75, 3.05) is 6.26 Å². The second-order valence-corrected chi connectivity index (χ2v) is 6.18. The van der Waals surface area contributed by atoms with Gasteiger partial charge in [0.25, 0.3) is 0 Å². The maximum absolute atomic E-state index is 11.4. The lowest BCUT2D eigenvalue weighted by Crippen LogP contribution is -2.02. The molecular formula is C13H18O3S. The van der Waals surface area contributed by atoms with Gasteiger partial charge in [-0.2, -0.15) is 0 Å². The predicted octanol–water partition coefficient (Wildman–Crippen LogP) is 2.48. The Balaban J connectivity index is 2.96. The van der Waals surface area contributed by atoms with Crippen LogP contribution in [0.15, 0.2) is 41.3 Å². The monoisotopic (exact) mass is 254 g/mol. The van der Waals surface area contributed by atoms with E-state index in [1.54, 1.807) is 12.1 Å². The Bertz CT molecular complexity index is 503. The minimum absolute atomic E-state index is 0.233. The van der Waals surface area contributed by atoms with E-state index in [-0.39, 0.29) is 4.90 Å². The van der Waals surface area contributed by atoms with Crippen LogP contribution < -0.4 is 0 Å². The van der Waals surface area contributed by atoms with Gasteiger partial charge in [-0.05, 0) is 30.5 Å². The lowest BCUT2D eigenvalue weighted by Gasteiger charge is -2.12. The third-order valence-corrected chi connectivity index (χ3v) is 3.76. The molecule has 0 amide bonds. The number of hydrogen-bond acceptors (Lipinski definition) is 3. The van der Waals surface area contributed by atoms with Gasteiger partial charge in [0.2, 0.25) is 0 Å².